The van der Waals surface area contributed by atoms with Gasteiger partial charge in [-0.3, -0.25) is 9.48 Å². The summed E-state index contributed by atoms with van der Waals surface area (Å²) in [5, 5.41) is 7.57. The number of carbonyl (C=O) groups excluding carboxylic acids is 1. The third-order valence-corrected chi connectivity index (χ3v) is 9.21. The first-order chi connectivity index (χ1) is 16.8. The molecule has 0 aliphatic carbocycles. The number of nitrogens with one attached hydrogen (secondary N) is 2. The molecule has 0 bridgehead atoms. The quantitative estimate of drug-likeness (QED) is 0.455. The van der Waals surface area contributed by atoms with Gasteiger partial charge in [-0.25, -0.2) is 17.4 Å². The van der Waals surface area contributed by atoms with E-state index in [1.54, 1.807) is 11.6 Å². The molecule has 2 aromatic heterocycles. The van der Waals surface area contributed by atoms with E-state index < -0.39 is 26.1 Å². The normalized spacial score (nSPS) is 16.4. The highest BCUT2D eigenvalue weighted by molar-refractivity contribution is 7.89. The maximum absolute atomic E-state index is 12.8. The number of carbonyl (C=O) groups is 1. The third-order valence-electron chi connectivity index (χ3n) is 5.65. The highest BCUT2D eigenvalue weighted by atomic mass is 32.2. The second-order valence-electron chi connectivity index (χ2n) is 9.22. The van der Waals surface area contributed by atoms with E-state index in [2.05, 4.69) is 15.4 Å². The van der Waals surface area contributed by atoms with Crippen LogP contribution in [0.5, 0.6) is 0 Å². The van der Waals surface area contributed by atoms with Crippen LogP contribution in [0, 0.1) is 0 Å². The van der Waals surface area contributed by atoms with Crippen molar-refractivity contribution in [2.75, 3.05) is 37.2 Å². The second kappa shape index (κ2) is 11.3. The Kier molecular flexibility index (Phi) is 8.80. The maximum atomic E-state index is 12.8. The largest absolute Gasteiger partial charge is 0.431 e. The number of rotatable bonds is 10. The summed E-state index contributed by atoms with van der Waals surface area (Å²) in [6, 6.07) is 0.168. The van der Waals surface area contributed by atoms with Crippen LogP contribution >= 0.6 is 0 Å². The maximum Gasteiger partial charge on any atom is 0.304 e. The lowest BCUT2D eigenvalue weighted by Gasteiger charge is -2.21. The van der Waals surface area contributed by atoms with Crippen molar-refractivity contribution in [1.82, 2.24) is 28.1 Å². The summed E-state index contributed by atoms with van der Waals surface area (Å²) in [6.45, 7) is 10.1. The summed E-state index contributed by atoms with van der Waals surface area (Å²) in [4.78, 5) is 16.7. The van der Waals surface area contributed by atoms with Gasteiger partial charge in [-0.2, -0.15) is 22.8 Å². The summed E-state index contributed by atoms with van der Waals surface area (Å²) in [5.74, 6) is -0.819. The molecular formula is C21H35N7O6S2. The van der Waals surface area contributed by atoms with E-state index in [0.717, 1.165) is 16.3 Å². The van der Waals surface area contributed by atoms with Crippen molar-refractivity contribution in [3.63, 3.8) is 0 Å². The lowest BCUT2D eigenvalue weighted by atomic mass is 10.1. The molecule has 1 aliphatic rings. The number of aromatic nitrogens is 3. The van der Waals surface area contributed by atoms with Crippen molar-refractivity contribution in [1.29, 1.82) is 0 Å². The molecular weight excluding hydrogens is 510 g/mol. The second-order valence-corrected chi connectivity index (χ2v) is 13.0. The topological polar surface area (TPSA) is 160 Å². The first-order valence-corrected chi connectivity index (χ1v) is 15.0. The van der Waals surface area contributed by atoms with E-state index in [1.165, 1.54) is 4.31 Å². The Hall–Kier alpha value is -2.49. The molecule has 1 saturated heterocycles. The predicted molar refractivity (Wildman–Crippen MR) is 135 cm³/mol. The van der Waals surface area contributed by atoms with Gasteiger partial charge in [0.05, 0.1) is 17.1 Å². The van der Waals surface area contributed by atoms with Gasteiger partial charge in [0.15, 0.2) is 5.69 Å². The molecule has 2 aromatic rings. The summed E-state index contributed by atoms with van der Waals surface area (Å²) in [5.41, 5.74) is 1.25. The molecule has 0 atom stereocenters. The molecule has 15 heteroatoms. The smallest absolute Gasteiger partial charge is 0.304 e. The number of nitrogens with zero attached hydrogens (tertiary/aromatic N) is 5. The average Bonchev–Trinajstić information content (AvgIpc) is 3.33. The molecule has 36 heavy (non-hydrogen) atoms. The highest BCUT2D eigenvalue weighted by Crippen LogP contribution is 2.27. The Balaban J connectivity index is 1.67. The zero-order valence-corrected chi connectivity index (χ0v) is 22.9. The van der Waals surface area contributed by atoms with Gasteiger partial charge in [0.25, 0.3) is 11.9 Å². The molecule has 1 amide bonds. The van der Waals surface area contributed by atoms with E-state index in [-0.39, 0.29) is 55.6 Å². The Morgan fingerprint density at radius 2 is 1.75 bits per heavy atom. The monoisotopic (exact) mass is 545 g/mol. The van der Waals surface area contributed by atoms with E-state index in [4.69, 9.17) is 4.42 Å². The fourth-order valence-electron chi connectivity index (χ4n) is 3.75. The average molecular weight is 546 g/mol. The lowest BCUT2D eigenvalue weighted by molar-refractivity contribution is 0.0974. The van der Waals surface area contributed by atoms with Gasteiger partial charge >= 0.3 is 10.2 Å². The standard InChI is InChI=1S/C21H35N7O6S2/c1-6-12-35(30,31)26-8-7-9-27(11-10-26)36(32,33)25-20(29)18-14-34-21(23-18)22-17-13-28(16(4)5)24-19(17)15(2)3/h13-16H,6-12H2,1-5H3,(H,22,23)(H,25,29). The molecule has 0 aromatic carbocycles. The number of sulfonamides is 1. The van der Waals surface area contributed by atoms with Crippen LogP contribution in [-0.2, 0) is 20.2 Å². The molecule has 202 valence electrons. The summed E-state index contributed by atoms with van der Waals surface area (Å²) < 4.78 is 61.9. The Morgan fingerprint density at radius 1 is 1.08 bits per heavy atom. The van der Waals surface area contributed by atoms with Crippen LogP contribution in [0.1, 0.15) is 75.6 Å². The van der Waals surface area contributed by atoms with Crippen molar-refractivity contribution in [3.05, 3.63) is 23.8 Å². The predicted octanol–water partition coefficient (Wildman–Crippen LogP) is 2.04. The number of amides is 1. The van der Waals surface area contributed by atoms with Gasteiger partial charge in [-0.15, -0.1) is 0 Å². The number of anilines is 2. The minimum Gasteiger partial charge on any atom is -0.431 e. The van der Waals surface area contributed by atoms with E-state index >= 15 is 0 Å². The molecule has 3 rings (SSSR count). The van der Waals surface area contributed by atoms with Crippen molar-refractivity contribution in [2.24, 2.45) is 0 Å². The van der Waals surface area contributed by atoms with Crippen molar-refractivity contribution in [2.45, 2.75) is 59.4 Å². The van der Waals surface area contributed by atoms with Gasteiger partial charge in [-0.05, 0) is 32.6 Å². The summed E-state index contributed by atoms with van der Waals surface area (Å²) >= 11 is 0. The number of oxazole rings is 1. The van der Waals surface area contributed by atoms with Gasteiger partial charge in [0, 0.05) is 38.4 Å². The molecule has 0 unspecified atom stereocenters. The van der Waals surface area contributed by atoms with Crippen LogP contribution in [0.15, 0.2) is 16.9 Å². The zero-order valence-electron chi connectivity index (χ0n) is 21.3. The first kappa shape index (κ1) is 28.1. The molecule has 1 aliphatic heterocycles. The zero-order chi connectivity index (χ0) is 26.7. The molecule has 3 heterocycles. The lowest BCUT2D eigenvalue weighted by Crippen LogP contribution is -2.45. The van der Waals surface area contributed by atoms with Crippen LogP contribution < -0.4 is 10.0 Å². The SMILES string of the molecule is CCCS(=O)(=O)N1CCCN(S(=O)(=O)NC(=O)c2coc(Nc3cn(C(C)C)nc3C(C)C)n2)CC1. The van der Waals surface area contributed by atoms with Gasteiger partial charge in [0.2, 0.25) is 10.0 Å². The van der Waals surface area contributed by atoms with Crippen LogP contribution in [0.2, 0.25) is 0 Å². The Bertz CT molecular complexity index is 1270. The van der Waals surface area contributed by atoms with Crippen LogP contribution in [0.25, 0.3) is 0 Å². The minimum atomic E-state index is -4.21. The van der Waals surface area contributed by atoms with Crippen molar-refractivity contribution < 1.29 is 26.0 Å². The van der Waals surface area contributed by atoms with Crippen LogP contribution in [0.4, 0.5) is 11.7 Å². The minimum absolute atomic E-state index is 0.00985. The fourth-order valence-corrected chi connectivity index (χ4v) is 6.45. The molecule has 0 radical (unpaired) electrons. The summed E-state index contributed by atoms with van der Waals surface area (Å²) in [7, 11) is -7.65. The number of hydrogen-bond acceptors (Lipinski definition) is 9. The van der Waals surface area contributed by atoms with E-state index in [1.807, 2.05) is 38.6 Å². The van der Waals surface area contributed by atoms with Gasteiger partial charge in [-0.1, -0.05) is 20.8 Å². The van der Waals surface area contributed by atoms with Gasteiger partial charge < -0.3 is 9.73 Å². The van der Waals surface area contributed by atoms with Crippen molar-refractivity contribution >= 4 is 37.8 Å². The molecule has 0 saturated carbocycles. The molecule has 13 nitrogen and oxygen atoms in total. The highest BCUT2D eigenvalue weighted by Gasteiger charge is 2.31. The van der Waals surface area contributed by atoms with E-state index in [0.29, 0.717) is 18.5 Å². The van der Waals surface area contributed by atoms with Gasteiger partial charge in [0.1, 0.15) is 6.26 Å². The Morgan fingerprint density at radius 3 is 2.39 bits per heavy atom. The first-order valence-electron chi connectivity index (χ1n) is 12.0. The molecule has 1 fully saturated rings. The number of hydrogen-bond donors (Lipinski definition) is 2. The van der Waals surface area contributed by atoms with E-state index in [9.17, 15) is 21.6 Å². The van der Waals surface area contributed by atoms with Crippen LogP contribution in [0.3, 0.4) is 0 Å². The molecule has 2 N–H and O–H groups in total. The fraction of sp³-hybridized carbons (Fsp3) is 0.667. The van der Waals surface area contributed by atoms with Crippen LogP contribution in [-0.4, -0.2) is 78.0 Å². The summed E-state index contributed by atoms with van der Waals surface area (Å²) in [6.07, 6.45) is 3.68. The third kappa shape index (κ3) is 6.63. The van der Waals surface area contributed by atoms with Crippen molar-refractivity contribution in [3.8, 4) is 0 Å². The molecule has 0 spiro atoms. The Labute approximate surface area is 212 Å².